The van der Waals surface area contributed by atoms with Gasteiger partial charge in [-0.2, -0.15) is 0 Å². The monoisotopic (exact) mass is 382 g/mol. The number of carbonyl (C=O) groups is 2. The summed E-state index contributed by atoms with van der Waals surface area (Å²) in [5.41, 5.74) is 2.43. The zero-order chi connectivity index (χ0) is 19.9. The second-order valence-corrected chi connectivity index (χ2v) is 10.5. The summed E-state index contributed by atoms with van der Waals surface area (Å²) in [6, 6.07) is 0. The molecule has 0 heterocycles. The quantitative estimate of drug-likeness (QED) is 0.485. The van der Waals surface area contributed by atoms with Crippen LogP contribution in [0.4, 0.5) is 0 Å². The lowest BCUT2D eigenvalue weighted by molar-refractivity contribution is -0.131. The van der Waals surface area contributed by atoms with Crippen molar-refractivity contribution in [2.75, 3.05) is 0 Å². The number of unbranched alkanes of at least 4 members (excludes halogenated alkanes) is 4. The molecule has 0 unspecified atom stereocenters. The van der Waals surface area contributed by atoms with Gasteiger partial charge >= 0.3 is 0 Å². The second-order valence-electron chi connectivity index (χ2n) is 10.5. The SMILES string of the molecule is CCCCCCCC1=C[C@@]2(C)C(=CC1=O)CC[C@@H]1[C@@H]2CC[C@]2(C)C(=O)CC[C@@H]12. The maximum Gasteiger partial charge on any atom is 0.181 e. The van der Waals surface area contributed by atoms with Gasteiger partial charge in [-0.1, -0.05) is 58.1 Å². The summed E-state index contributed by atoms with van der Waals surface area (Å²) in [6.07, 6.45) is 17.9. The van der Waals surface area contributed by atoms with Gasteiger partial charge in [-0.15, -0.1) is 0 Å². The molecule has 0 aromatic carbocycles. The lowest BCUT2D eigenvalue weighted by Gasteiger charge is -2.55. The first-order valence-electron chi connectivity index (χ1n) is 11.9. The lowest BCUT2D eigenvalue weighted by atomic mass is 9.48. The molecule has 0 N–H and O–H groups in total. The minimum atomic E-state index is -0.0605. The van der Waals surface area contributed by atoms with E-state index in [0.717, 1.165) is 50.5 Å². The number of hydrogen-bond donors (Lipinski definition) is 0. The fourth-order valence-electron chi connectivity index (χ4n) is 7.26. The van der Waals surface area contributed by atoms with E-state index in [9.17, 15) is 9.59 Å². The average molecular weight is 383 g/mol. The molecular weight excluding hydrogens is 344 g/mol. The van der Waals surface area contributed by atoms with E-state index in [1.807, 2.05) is 6.08 Å². The molecule has 0 spiro atoms. The van der Waals surface area contributed by atoms with E-state index in [2.05, 4.69) is 26.8 Å². The van der Waals surface area contributed by atoms with Crippen molar-refractivity contribution in [3.63, 3.8) is 0 Å². The van der Waals surface area contributed by atoms with Crippen molar-refractivity contribution in [2.24, 2.45) is 28.6 Å². The van der Waals surface area contributed by atoms with E-state index in [0.29, 0.717) is 23.5 Å². The highest BCUT2D eigenvalue weighted by Gasteiger charge is 2.58. The smallest absolute Gasteiger partial charge is 0.181 e. The maximum atomic E-state index is 12.8. The third-order valence-electron chi connectivity index (χ3n) is 9.00. The summed E-state index contributed by atoms with van der Waals surface area (Å²) in [7, 11) is 0. The van der Waals surface area contributed by atoms with Crippen molar-refractivity contribution in [3.05, 3.63) is 23.3 Å². The van der Waals surface area contributed by atoms with Gasteiger partial charge in [0, 0.05) is 17.3 Å². The van der Waals surface area contributed by atoms with Crippen LogP contribution >= 0.6 is 0 Å². The van der Waals surface area contributed by atoms with Gasteiger partial charge in [0.25, 0.3) is 0 Å². The summed E-state index contributed by atoms with van der Waals surface area (Å²) in [4.78, 5) is 25.3. The van der Waals surface area contributed by atoms with E-state index >= 15 is 0 Å². The highest BCUT2D eigenvalue weighted by molar-refractivity contribution is 6.05. The third kappa shape index (κ3) is 3.15. The molecule has 4 aliphatic carbocycles. The van der Waals surface area contributed by atoms with E-state index in [4.69, 9.17) is 0 Å². The Balaban J connectivity index is 1.54. The Bertz CT molecular complexity index is 714. The van der Waals surface area contributed by atoms with E-state index in [1.54, 1.807) is 0 Å². The molecule has 4 aliphatic rings. The van der Waals surface area contributed by atoms with Crippen LogP contribution in [0.1, 0.15) is 97.8 Å². The van der Waals surface area contributed by atoms with Crippen LogP contribution in [0.2, 0.25) is 0 Å². The van der Waals surface area contributed by atoms with Crippen molar-refractivity contribution in [2.45, 2.75) is 97.8 Å². The molecule has 0 aromatic heterocycles. The van der Waals surface area contributed by atoms with Gasteiger partial charge in [-0.05, 0) is 74.3 Å². The first-order chi connectivity index (χ1) is 13.4. The first kappa shape index (κ1) is 20.1. The van der Waals surface area contributed by atoms with Crippen molar-refractivity contribution in [1.82, 2.24) is 0 Å². The summed E-state index contributed by atoms with van der Waals surface area (Å²) in [5, 5.41) is 0. The normalized spacial score (nSPS) is 39.8. The van der Waals surface area contributed by atoms with Crippen molar-refractivity contribution < 1.29 is 9.59 Å². The van der Waals surface area contributed by atoms with E-state index in [-0.39, 0.29) is 16.6 Å². The Kier molecular flexibility index (Phi) is 5.44. The zero-order valence-electron chi connectivity index (χ0n) is 18.2. The molecular formula is C26H38O2. The standard InChI is InChI=1S/C26H38O2/c1-4-5-6-7-8-9-18-17-26(3)19(16-23(18)27)10-11-20-21-12-13-24(28)25(21,2)15-14-22(20)26/h16-17,20-22H,4-15H2,1-3H3/t20-,21-,22-,25-,26-/m0/s1. The van der Waals surface area contributed by atoms with Gasteiger partial charge in [0.15, 0.2) is 5.78 Å². The van der Waals surface area contributed by atoms with Gasteiger partial charge in [-0.3, -0.25) is 9.59 Å². The largest absolute Gasteiger partial charge is 0.299 e. The summed E-state index contributed by atoms with van der Waals surface area (Å²) >= 11 is 0. The Morgan fingerprint density at radius 1 is 0.964 bits per heavy atom. The molecule has 3 saturated carbocycles. The van der Waals surface area contributed by atoms with Crippen LogP contribution in [0.5, 0.6) is 0 Å². The fourth-order valence-corrected chi connectivity index (χ4v) is 7.26. The number of ketones is 2. The molecule has 0 saturated heterocycles. The van der Waals surface area contributed by atoms with Crippen LogP contribution in [0.25, 0.3) is 0 Å². The number of carbonyl (C=O) groups excluding carboxylic acids is 2. The Labute approximate surface area is 171 Å². The van der Waals surface area contributed by atoms with Gasteiger partial charge in [0.2, 0.25) is 0 Å². The highest BCUT2D eigenvalue weighted by Crippen LogP contribution is 2.63. The molecule has 3 fully saturated rings. The van der Waals surface area contributed by atoms with Crippen molar-refractivity contribution in [1.29, 1.82) is 0 Å². The van der Waals surface area contributed by atoms with E-state index in [1.165, 1.54) is 37.7 Å². The molecule has 154 valence electrons. The number of Topliss-reactive ketones (excluding diaryl/α,β-unsaturated/α-hetero) is 1. The predicted octanol–water partition coefficient (Wildman–Crippen LogP) is 6.59. The van der Waals surface area contributed by atoms with Crippen LogP contribution < -0.4 is 0 Å². The molecule has 28 heavy (non-hydrogen) atoms. The predicted molar refractivity (Wildman–Crippen MR) is 114 cm³/mol. The van der Waals surface area contributed by atoms with E-state index < -0.39 is 0 Å². The number of hydrogen-bond acceptors (Lipinski definition) is 2. The molecule has 2 heteroatoms. The molecule has 0 radical (unpaired) electrons. The van der Waals surface area contributed by atoms with Crippen LogP contribution in [0.3, 0.4) is 0 Å². The number of allylic oxidation sites excluding steroid dienone is 4. The van der Waals surface area contributed by atoms with Crippen molar-refractivity contribution >= 4 is 11.6 Å². The summed E-state index contributed by atoms with van der Waals surface area (Å²) < 4.78 is 0. The Hall–Kier alpha value is -1.18. The Morgan fingerprint density at radius 2 is 1.75 bits per heavy atom. The zero-order valence-corrected chi connectivity index (χ0v) is 18.2. The lowest BCUT2D eigenvalue weighted by Crippen LogP contribution is -2.50. The van der Waals surface area contributed by atoms with Crippen LogP contribution in [-0.2, 0) is 9.59 Å². The number of rotatable bonds is 6. The second kappa shape index (κ2) is 7.58. The van der Waals surface area contributed by atoms with Gasteiger partial charge in [0.05, 0.1) is 0 Å². The molecule has 2 nitrogen and oxygen atoms in total. The summed E-state index contributed by atoms with van der Waals surface area (Å²) in [6.45, 7) is 6.89. The minimum absolute atomic E-state index is 0.0442. The van der Waals surface area contributed by atoms with Gasteiger partial charge < -0.3 is 0 Å². The maximum absolute atomic E-state index is 12.8. The average Bonchev–Trinajstić information content (AvgIpc) is 2.97. The molecule has 5 atom stereocenters. The number of fused-ring (bicyclic) bond motifs is 5. The fraction of sp³-hybridized carbons (Fsp3) is 0.769. The third-order valence-corrected chi connectivity index (χ3v) is 9.00. The minimum Gasteiger partial charge on any atom is -0.299 e. The molecule has 0 aliphatic heterocycles. The van der Waals surface area contributed by atoms with Gasteiger partial charge in [0.1, 0.15) is 5.78 Å². The molecule has 4 rings (SSSR count). The Morgan fingerprint density at radius 3 is 2.54 bits per heavy atom. The first-order valence-corrected chi connectivity index (χ1v) is 11.9. The van der Waals surface area contributed by atoms with Crippen molar-refractivity contribution in [3.8, 4) is 0 Å². The molecule has 0 aromatic rings. The van der Waals surface area contributed by atoms with Crippen LogP contribution in [0, 0.1) is 28.6 Å². The van der Waals surface area contributed by atoms with Crippen LogP contribution in [-0.4, -0.2) is 11.6 Å². The molecule has 0 amide bonds. The summed E-state index contributed by atoms with van der Waals surface area (Å²) in [5.74, 6) is 2.63. The molecule has 0 bridgehead atoms. The highest BCUT2D eigenvalue weighted by atomic mass is 16.1. The van der Waals surface area contributed by atoms with Gasteiger partial charge in [-0.25, -0.2) is 0 Å². The topological polar surface area (TPSA) is 34.1 Å². The van der Waals surface area contributed by atoms with Crippen LogP contribution in [0.15, 0.2) is 23.3 Å².